The van der Waals surface area contributed by atoms with E-state index in [0.29, 0.717) is 0 Å². The highest BCUT2D eigenvalue weighted by Gasteiger charge is 2.21. The second kappa shape index (κ2) is 9.49. The molecule has 0 amide bonds. The number of likely N-dealkylation sites (tertiary alicyclic amines) is 1. The van der Waals surface area contributed by atoms with E-state index >= 15 is 0 Å². The second-order valence-electron chi connectivity index (χ2n) is 8.39. The highest BCUT2D eigenvalue weighted by atomic mass is 16.5. The third kappa shape index (κ3) is 5.12. The molecule has 0 bridgehead atoms. The lowest BCUT2D eigenvalue weighted by molar-refractivity contribution is 0.140. The first-order valence-electron chi connectivity index (χ1n) is 10.7. The van der Waals surface area contributed by atoms with E-state index in [2.05, 4.69) is 34.2 Å². The summed E-state index contributed by atoms with van der Waals surface area (Å²) in [5.74, 6) is 3.65. The Morgan fingerprint density at radius 1 is 1.17 bits per heavy atom. The fourth-order valence-electron chi connectivity index (χ4n) is 4.33. The number of para-hydroxylation sites is 2. The fraction of sp³-hybridized carbons (Fsp3) is 0.458. The van der Waals surface area contributed by atoms with Gasteiger partial charge in [0.25, 0.3) is 0 Å². The maximum atomic E-state index is 5.73. The highest BCUT2D eigenvalue weighted by molar-refractivity contribution is 5.46. The van der Waals surface area contributed by atoms with Crippen molar-refractivity contribution in [3.05, 3.63) is 65.9 Å². The molecular formula is C24H32N4O2. The molecule has 0 unspecified atom stereocenters. The summed E-state index contributed by atoms with van der Waals surface area (Å²) in [6.07, 6.45) is 6.54. The van der Waals surface area contributed by atoms with Crippen molar-refractivity contribution in [2.45, 2.75) is 32.9 Å². The molecule has 0 radical (unpaired) electrons. The molecule has 1 aliphatic heterocycles. The monoisotopic (exact) mass is 408 g/mol. The van der Waals surface area contributed by atoms with Crippen molar-refractivity contribution in [2.75, 3.05) is 33.8 Å². The van der Waals surface area contributed by atoms with Crippen molar-refractivity contribution in [2.24, 2.45) is 5.92 Å². The summed E-state index contributed by atoms with van der Waals surface area (Å²) < 4.78 is 13.1. The van der Waals surface area contributed by atoms with Crippen LogP contribution in [0.25, 0.3) is 5.69 Å². The van der Waals surface area contributed by atoms with Crippen LogP contribution in [0.1, 0.15) is 29.9 Å². The Morgan fingerprint density at radius 3 is 2.70 bits per heavy atom. The molecule has 3 heterocycles. The Labute approximate surface area is 179 Å². The van der Waals surface area contributed by atoms with Crippen molar-refractivity contribution in [3.8, 4) is 11.4 Å². The molecule has 0 spiro atoms. The van der Waals surface area contributed by atoms with Crippen LogP contribution in [0.3, 0.4) is 0 Å². The van der Waals surface area contributed by atoms with Gasteiger partial charge in [0, 0.05) is 24.8 Å². The number of hydrogen-bond donors (Lipinski definition) is 0. The second-order valence-corrected chi connectivity index (χ2v) is 8.39. The number of furan rings is 1. The molecule has 160 valence electrons. The lowest BCUT2D eigenvalue weighted by Crippen LogP contribution is -2.37. The molecule has 0 atom stereocenters. The van der Waals surface area contributed by atoms with Gasteiger partial charge in [-0.1, -0.05) is 12.1 Å². The van der Waals surface area contributed by atoms with E-state index < -0.39 is 0 Å². The number of piperidine rings is 1. The normalized spacial score (nSPS) is 15.7. The van der Waals surface area contributed by atoms with E-state index in [1.165, 1.54) is 18.4 Å². The summed E-state index contributed by atoms with van der Waals surface area (Å²) in [4.78, 5) is 4.92. The molecule has 1 aliphatic rings. The highest BCUT2D eigenvalue weighted by Crippen LogP contribution is 2.23. The summed E-state index contributed by atoms with van der Waals surface area (Å²) in [5, 5.41) is 4.54. The van der Waals surface area contributed by atoms with Crippen LogP contribution in [0.15, 0.2) is 53.2 Å². The zero-order valence-corrected chi connectivity index (χ0v) is 18.3. The first-order valence-corrected chi connectivity index (χ1v) is 10.7. The Bertz CT molecular complexity index is 940. The average molecular weight is 409 g/mol. The maximum Gasteiger partial charge on any atom is 0.144 e. The van der Waals surface area contributed by atoms with Crippen LogP contribution >= 0.6 is 0 Å². The minimum Gasteiger partial charge on any atom is -0.494 e. The Hall–Kier alpha value is -2.57. The minimum atomic E-state index is 0.744. The minimum absolute atomic E-state index is 0.744. The summed E-state index contributed by atoms with van der Waals surface area (Å²) >= 11 is 0. The molecule has 6 heteroatoms. The van der Waals surface area contributed by atoms with E-state index in [1.54, 1.807) is 7.11 Å². The van der Waals surface area contributed by atoms with Gasteiger partial charge in [0.1, 0.15) is 23.0 Å². The maximum absolute atomic E-state index is 5.73. The summed E-state index contributed by atoms with van der Waals surface area (Å²) in [5.41, 5.74) is 2.18. The number of rotatable bonds is 8. The van der Waals surface area contributed by atoms with Gasteiger partial charge < -0.3 is 14.1 Å². The van der Waals surface area contributed by atoms with Crippen LogP contribution in [-0.4, -0.2) is 53.4 Å². The molecule has 30 heavy (non-hydrogen) atoms. The van der Waals surface area contributed by atoms with Gasteiger partial charge in [0.2, 0.25) is 0 Å². The quantitative estimate of drug-likeness (QED) is 0.561. The Balaban J connectivity index is 1.25. The molecule has 0 saturated carbocycles. The van der Waals surface area contributed by atoms with Crippen LogP contribution in [0.2, 0.25) is 0 Å². The molecule has 3 aromatic rings. The predicted molar refractivity (Wildman–Crippen MR) is 118 cm³/mol. The van der Waals surface area contributed by atoms with Crippen molar-refractivity contribution >= 4 is 0 Å². The van der Waals surface area contributed by atoms with Crippen molar-refractivity contribution in [3.63, 3.8) is 0 Å². The van der Waals surface area contributed by atoms with E-state index in [1.807, 2.05) is 48.1 Å². The average Bonchev–Trinajstić information content (AvgIpc) is 3.38. The van der Waals surface area contributed by atoms with Crippen LogP contribution in [-0.2, 0) is 13.1 Å². The SMILES string of the molecule is COc1ccccc1-n1cc(CN(C)CC2CCN(Cc3ccc(C)o3)CC2)cn1. The first kappa shape index (κ1) is 20.7. The number of benzene rings is 1. The number of aryl methyl sites for hydroxylation is 1. The van der Waals surface area contributed by atoms with Gasteiger partial charge in [-0.25, -0.2) is 4.68 Å². The standard InChI is InChI=1S/C24H32N4O2/c1-19-8-9-22(30-19)18-27-12-10-20(11-13-27)15-26(2)16-21-14-25-28(17-21)23-6-4-5-7-24(23)29-3/h4-9,14,17,20H,10-13,15-16,18H2,1-3H3. The van der Waals surface area contributed by atoms with Gasteiger partial charge in [-0.05, 0) is 70.1 Å². The Morgan fingerprint density at radius 2 is 1.97 bits per heavy atom. The van der Waals surface area contributed by atoms with Crippen LogP contribution in [0.5, 0.6) is 5.75 Å². The number of ether oxygens (including phenoxy) is 1. The summed E-state index contributed by atoms with van der Waals surface area (Å²) in [7, 11) is 3.90. The molecular weight excluding hydrogens is 376 g/mol. The van der Waals surface area contributed by atoms with E-state index in [-0.39, 0.29) is 0 Å². The fourth-order valence-corrected chi connectivity index (χ4v) is 4.33. The first-order chi connectivity index (χ1) is 14.6. The van der Waals surface area contributed by atoms with Gasteiger partial charge in [-0.3, -0.25) is 4.90 Å². The van der Waals surface area contributed by atoms with Crippen molar-refractivity contribution < 1.29 is 9.15 Å². The van der Waals surface area contributed by atoms with Gasteiger partial charge in [-0.2, -0.15) is 5.10 Å². The molecule has 2 aromatic heterocycles. The van der Waals surface area contributed by atoms with Gasteiger partial charge in [-0.15, -0.1) is 0 Å². The third-order valence-electron chi connectivity index (χ3n) is 5.87. The Kier molecular flexibility index (Phi) is 6.55. The molecule has 6 nitrogen and oxygen atoms in total. The van der Waals surface area contributed by atoms with Gasteiger partial charge in [0.15, 0.2) is 0 Å². The number of nitrogens with zero attached hydrogens (tertiary/aromatic N) is 4. The number of aromatic nitrogens is 2. The predicted octanol–water partition coefficient (Wildman–Crippen LogP) is 4.13. The van der Waals surface area contributed by atoms with Gasteiger partial charge in [0.05, 0.1) is 19.9 Å². The van der Waals surface area contributed by atoms with Crippen LogP contribution in [0.4, 0.5) is 0 Å². The summed E-state index contributed by atoms with van der Waals surface area (Å²) in [6.45, 7) is 7.24. The largest absolute Gasteiger partial charge is 0.494 e. The number of hydrogen-bond acceptors (Lipinski definition) is 5. The molecule has 0 N–H and O–H groups in total. The van der Waals surface area contributed by atoms with E-state index in [4.69, 9.17) is 9.15 Å². The number of methoxy groups -OCH3 is 1. The van der Waals surface area contributed by atoms with Crippen LogP contribution < -0.4 is 4.74 Å². The molecule has 1 saturated heterocycles. The molecule has 1 aromatic carbocycles. The molecule has 4 rings (SSSR count). The zero-order valence-electron chi connectivity index (χ0n) is 18.3. The third-order valence-corrected chi connectivity index (χ3v) is 5.87. The lowest BCUT2D eigenvalue weighted by Gasteiger charge is -2.33. The van der Waals surface area contributed by atoms with Crippen molar-refractivity contribution in [1.82, 2.24) is 19.6 Å². The lowest BCUT2D eigenvalue weighted by atomic mass is 9.96. The summed E-state index contributed by atoms with van der Waals surface area (Å²) in [6, 6.07) is 12.1. The molecule has 1 fully saturated rings. The topological polar surface area (TPSA) is 46.7 Å². The zero-order chi connectivity index (χ0) is 20.9. The van der Waals surface area contributed by atoms with E-state index in [9.17, 15) is 0 Å². The molecule has 0 aliphatic carbocycles. The van der Waals surface area contributed by atoms with Crippen LogP contribution in [0, 0.1) is 12.8 Å². The van der Waals surface area contributed by atoms with Crippen molar-refractivity contribution in [1.29, 1.82) is 0 Å². The van der Waals surface area contributed by atoms with E-state index in [0.717, 1.165) is 61.6 Å². The van der Waals surface area contributed by atoms with Gasteiger partial charge >= 0.3 is 0 Å². The smallest absolute Gasteiger partial charge is 0.144 e.